The topological polar surface area (TPSA) is 52.9 Å². The Labute approximate surface area is 199 Å². The van der Waals surface area contributed by atoms with Crippen LogP contribution < -0.4 is 15.8 Å². The molecule has 1 fully saturated rings. The molecule has 1 aromatic heterocycles. The van der Waals surface area contributed by atoms with E-state index >= 15 is 0 Å². The van der Waals surface area contributed by atoms with Crippen LogP contribution in [0.25, 0.3) is 6.08 Å². The van der Waals surface area contributed by atoms with Crippen molar-refractivity contribution in [2.75, 3.05) is 43.4 Å². The van der Waals surface area contributed by atoms with Crippen LogP contribution in [0, 0.1) is 5.82 Å². The summed E-state index contributed by atoms with van der Waals surface area (Å²) < 4.78 is 15.2. The lowest BCUT2D eigenvalue weighted by Gasteiger charge is -2.34. The monoisotopic (exact) mass is 459 g/mol. The number of aliphatic imine (C=N–C) groups is 1. The average molecular weight is 460 g/mol. The second-order valence-corrected chi connectivity index (χ2v) is 8.53. The van der Waals surface area contributed by atoms with Crippen LogP contribution in [0.5, 0.6) is 0 Å². The van der Waals surface area contributed by atoms with E-state index < -0.39 is 0 Å². The zero-order valence-corrected chi connectivity index (χ0v) is 19.7. The van der Waals surface area contributed by atoms with Gasteiger partial charge < -0.3 is 15.1 Å². The number of nitrogens with zero attached hydrogens (tertiary/aromatic N) is 4. The lowest BCUT2D eigenvalue weighted by atomic mass is 10.2. The van der Waals surface area contributed by atoms with Gasteiger partial charge in [-0.05, 0) is 62.0 Å². The first-order chi connectivity index (χ1) is 16.4. The van der Waals surface area contributed by atoms with E-state index in [2.05, 4.69) is 40.9 Å². The van der Waals surface area contributed by atoms with Crippen molar-refractivity contribution < 1.29 is 4.39 Å². The SMILES string of the molecule is C=Cc1ccc(=O)n(Cc2cccc(F)c2)c1N=C(C)Nc1ccc(N2CCN(C)CC2)cc1. The van der Waals surface area contributed by atoms with E-state index in [-0.39, 0.29) is 17.9 Å². The number of benzene rings is 2. The molecule has 1 aliphatic rings. The Morgan fingerprint density at radius 2 is 1.82 bits per heavy atom. The van der Waals surface area contributed by atoms with Crippen molar-refractivity contribution in [1.29, 1.82) is 0 Å². The van der Waals surface area contributed by atoms with E-state index in [9.17, 15) is 9.18 Å². The molecule has 0 atom stereocenters. The van der Waals surface area contributed by atoms with Crippen LogP contribution in [-0.2, 0) is 6.54 Å². The zero-order valence-electron chi connectivity index (χ0n) is 19.7. The highest BCUT2D eigenvalue weighted by Crippen LogP contribution is 2.22. The van der Waals surface area contributed by atoms with Gasteiger partial charge in [-0.3, -0.25) is 9.36 Å². The smallest absolute Gasteiger partial charge is 0.252 e. The fraction of sp³-hybridized carbons (Fsp3) is 0.259. The zero-order chi connectivity index (χ0) is 24.1. The summed E-state index contributed by atoms with van der Waals surface area (Å²) in [4.78, 5) is 22.1. The molecule has 6 nitrogen and oxygen atoms in total. The Kier molecular flexibility index (Phi) is 7.23. The second kappa shape index (κ2) is 10.5. The van der Waals surface area contributed by atoms with Gasteiger partial charge in [-0.15, -0.1) is 0 Å². The quantitative estimate of drug-likeness (QED) is 0.433. The molecule has 2 aromatic carbocycles. The summed E-state index contributed by atoms with van der Waals surface area (Å²) in [6.45, 7) is 10.1. The van der Waals surface area contributed by atoms with Crippen LogP contribution >= 0.6 is 0 Å². The van der Waals surface area contributed by atoms with Crippen LogP contribution in [-0.4, -0.2) is 48.5 Å². The molecule has 4 rings (SSSR count). The lowest BCUT2D eigenvalue weighted by Crippen LogP contribution is -2.44. The second-order valence-electron chi connectivity index (χ2n) is 8.53. The highest BCUT2D eigenvalue weighted by molar-refractivity contribution is 5.95. The molecule has 1 saturated heterocycles. The molecule has 34 heavy (non-hydrogen) atoms. The number of amidine groups is 1. The van der Waals surface area contributed by atoms with Crippen LogP contribution in [0.2, 0.25) is 0 Å². The Morgan fingerprint density at radius 3 is 2.50 bits per heavy atom. The molecule has 0 radical (unpaired) electrons. The van der Waals surface area contributed by atoms with E-state index in [1.807, 2.05) is 19.1 Å². The molecule has 2 heterocycles. The standard InChI is InChI=1S/C27H30FN5O/c1-4-22-8-13-26(34)33(19-21-6-5-7-23(28)18-21)27(22)30-20(2)29-24-9-11-25(12-10-24)32-16-14-31(3)15-17-32/h4-13,18H,1,14-17,19H2,2-3H3,(H,29,30). The molecule has 0 amide bonds. The summed E-state index contributed by atoms with van der Waals surface area (Å²) in [6.07, 6.45) is 1.67. The van der Waals surface area contributed by atoms with E-state index in [0.29, 0.717) is 17.2 Å². The Morgan fingerprint density at radius 1 is 1.09 bits per heavy atom. The van der Waals surface area contributed by atoms with Crippen molar-refractivity contribution in [3.8, 4) is 0 Å². The van der Waals surface area contributed by atoms with E-state index in [4.69, 9.17) is 4.99 Å². The van der Waals surface area contributed by atoms with Crippen LogP contribution in [0.4, 0.5) is 21.6 Å². The van der Waals surface area contributed by atoms with Crippen molar-refractivity contribution in [3.05, 3.63) is 94.5 Å². The van der Waals surface area contributed by atoms with Gasteiger partial charge in [0.05, 0.1) is 6.54 Å². The molecule has 0 bridgehead atoms. The van der Waals surface area contributed by atoms with Gasteiger partial charge in [-0.1, -0.05) is 24.8 Å². The fourth-order valence-corrected chi connectivity index (χ4v) is 4.06. The van der Waals surface area contributed by atoms with Gasteiger partial charge in [0.25, 0.3) is 5.56 Å². The first kappa shape index (κ1) is 23.4. The van der Waals surface area contributed by atoms with E-state index in [1.54, 1.807) is 24.3 Å². The normalized spacial score (nSPS) is 14.8. The maximum atomic E-state index is 13.7. The lowest BCUT2D eigenvalue weighted by molar-refractivity contribution is 0.313. The minimum atomic E-state index is -0.339. The van der Waals surface area contributed by atoms with Crippen LogP contribution in [0.1, 0.15) is 18.1 Å². The summed E-state index contributed by atoms with van der Waals surface area (Å²) in [5.41, 5.74) is 3.31. The van der Waals surface area contributed by atoms with Gasteiger partial charge in [0.2, 0.25) is 0 Å². The number of hydrogen-bond donors (Lipinski definition) is 1. The number of nitrogens with one attached hydrogen (secondary N) is 1. The Balaban J connectivity index is 1.56. The first-order valence-electron chi connectivity index (χ1n) is 11.4. The third-order valence-electron chi connectivity index (χ3n) is 5.97. The maximum Gasteiger partial charge on any atom is 0.252 e. The molecular weight excluding hydrogens is 429 g/mol. The van der Waals surface area contributed by atoms with Crippen molar-refractivity contribution in [3.63, 3.8) is 0 Å². The number of hydrogen-bond acceptors (Lipinski definition) is 4. The third-order valence-corrected chi connectivity index (χ3v) is 5.97. The van der Waals surface area contributed by atoms with E-state index in [1.165, 1.54) is 28.5 Å². The molecule has 0 saturated carbocycles. The van der Waals surface area contributed by atoms with Gasteiger partial charge in [0, 0.05) is 49.2 Å². The Hall–Kier alpha value is -3.71. The highest BCUT2D eigenvalue weighted by Gasteiger charge is 2.14. The number of likely N-dealkylation sites (N-methyl/N-ethyl adjacent to an activating group) is 1. The molecule has 7 heteroatoms. The van der Waals surface area contributed by atoms with Crippen molar-refractivity contribution in [1.82, 2.24) is 9.47 Å². The van der Waals surface area contributed by atoms with E-state index in [0.717, 1.165) is 37.4 Å². The molecule has 0 aliphatic carbocycles. The van der Waals surface area contributed by atoms with Gasteiger partial charge in [-0.25, -0.2) is 9.38 Å². The number of piperazine rings is 1. The Bertz CT molecular complexity index is 1240. The summed E-state index contributed by atoms with van der Waals surface area (Å²) in [5.74, 6) is 0.771. The molecule has 1 aliphatic heterocycles. The fourth-order valence-electron chi connectivity index (χ4n) is 4.06. The number of halogens is 1. The van der Waals surface area contributed by atoms with Gasteiger partial charge >= 0.3 is 0 Å². The van der Waals surface area contributed by atoms with Crippen molar-refractivity contribution >= 4 is 29.1 Å². The predicted octanol–water partition coefficient (Wildman–Crippen LogP) is 4.59. The van der Waals surface area contributed by atoms with Crippen LogP contribution in [0.15, 0.2) is 77.0 Å². The molecule has 1 N–H and O–H groups in total. The highest BCUT2D eigenvalue weighted by atomic mass is 19.1. The average Bonchev–Trinajstić information content (AvgIpc) is 2.82. The number of rotatable bonds is 6. The molecule has 0 unspecified atom stereocenters. The number of anilines is 2. The number of pyridine rings is 1. The number of aromatic nitrogens is 1. The maximum absolute atomic E-state index is 13.7. The predicted molar refractivity (Wildman–Crippen MR) is 139 cm³/mol. The third kappa shape index (κ3) is 5.61. The first-order valence-corrected chi connectivity index (χ1v) is 11.4. The summed E-state index contributed by atoms with van der Waals surface area (Å²) in [6, 6.07) is 17.7. The molecular formula is C27H30FN5O. The summed E-state index contributed by atoms with van der Waals surface area (Å²) >= 11 is 0. The summed E-state index contributed by atoms with van der Waals surface area (Å²) in [7, 11) is 2.15. The van der Waals surface area contributed by atoms with Gasteiger partial charge in [-0.2, -0.15) is 0 Å². The van der Waals surface area contributed by atoms with Crippen molar-refractivity contribution in [2.45, 2.75) is 13.5 Å². The molecule has 0 spiro atoms. The largest absolute Gasteiger partial charge is 0.369 e. The minimum Gasteiger partial charge on any atom is -0.369 e. The van der Waals surface area contributed by atoms with Crippen LogP contribution in [0.3, 0.4) is 0 Å². The van der Waals surface area contributed by atoms with Crippen molar-refractivity contribution in [2.24, 2.45) is 4.99 Å². The van der Waals surface area contributed by atoms with Gasteiger partial charge in [0.1, 0.15) is 17.5 Å². The summed E-state index contributed by atoms with van der Waals surface area (Å²) in [5, 5.41) is 3.31. The molecule has 3 aromatic rings. The minimum absolute atomic E-state index is 0.210. The molecule has 176 valence electrons. The van der Waals surface area contributed by atoms with Gasteiger partial charge in [0.15, 0.2) is 0 Å².